The van der Waals surface area contributed by atoms with Crippen molar-refractivity contribution in [2.75, 3.05) is 4.90 Å². The molecule has 4 rings (SSSR count). The lowest BCUT2D eigenvalue weighted by atomic mass is 9.94. The van der Waals surface area contributed by atoms with E-state index >= 15 is 0 Å². The molecule has 1 heterocycles. The Bertz CT molecular complexity index is 1100. The second-order valence-electron chi connectivity index (χ2n) is 8.83. The second kappa shape index (κ2) is 11.3. The van der Waals surface area contributed by atoms with Crippen LogP contribution in [0.5, 0.6) is 0 Å². The molecule has 1 aromatic heterocycles. The molecule has 1 fully saturated rings. The first kappa shape index (κ1) is 23.9. The first-order valence-corrected chi connectivity index (χ1v) is 12.8. The highest BCUT2D eigenvalue weighted by atomic mass is 32.1. The number of nitrogens with zero attached hydrogens (tertiary/aromatic N) is 1. The summed E-state index contributed by atoms with van der Waals surface area (Å²) in [6.45, 7) is 1.51. The topological polar surface area (TPSA) is 66.5 Å². The maximum atomic E-state index is 13.8. The molecule has 1 aliphatic rings. The molecule has 2 amide bonds. The highest BCUT2D eigenvalue weighted by Crippen LogP contribution is 2.30. The van der Waals surface area contributed by atoms with Crippen molar-refractivity contribution in [2.45, 2.75) is 57.5 Å². The average molecular weight is 475 g/mol. The van der Waals surface area contributed by atoms with Crippen molar-refractivity contribution < 1.29 is 14.4 Å². The van der Waals surface area contributed by atoms with E-state index in [4.69, 9.17) is 0 Å². The summed E-state index contributed by atoms with van der Waals surface area (Å²) in [5.41, 5.74) is 2.83. The monoisotopic (exact) mass is 474 g/mol. The van der Waals surface area contributed by atoms with Gasteiger partial charge in [0.05, 0.1) is 6.42 Å². The van der Waals surface area contributed by atoms with Gasteiger partial charge in [-0.3, -0.25) is 19.3 Å². The molecule has 34 heavy (non-hydrogen) atoms. The largest absolute Gasteiger partial charge is 0.351 e. The smallest absolute Gasteiger partial charge is 0.248 e. The Hall–Kier alpha value is -3.25. The molecule has 1 saturated carbocycles. The van der Waals surface area contributed by atoms with Gasteiger partial charge in [-0.2, -0.15) is 11.3 Å². The van der Waals surface area contributed by atoms with Gasteiger partial charge in [0.25, 0.3) is 0 Å². The van der Waals surface area contributed by atoms with E-state index in [0.29, 0.717) is 11.3 Å². The molecule has 2 aromatic carbocycles. The molecule has 0 saturated heterocycles. The van der Waals surface area contributed by atoms with Crippen molar-refractivity contribution >= 4 is 34.6 Å². The first-order chi connectivity index (χ1) is 16.5. The van der Waals surface area contributed by atoms with Crippen LogP contribution in [0.1, 0.15) is 66.6 Å². The zero-order valence-corrected chi connectivity index (χ0v) is 20.2. The summed E-state index contributed by atoms with van der Waals surface area (Å²) in [6.07, 6.45) is 5.52. The van der Waals surface area contributed by atoms with Crippen LogP contribution in [0.4, 0.5) is 5.69 Å². The van der Waals surface area contributed by atoms with E-state index < -0.39 is 6.04 Å². The lowest BCUT2D eigenvalue weighted by Crippen LogP contribution is -2.47. The molecule has 3 aromatic rings. The van der Waals surface area contributed by atoms with Crippen LogP contribution in [0.3, 0.4) is 0 Å². The molecule has 0 spiro atoms. The minimum Gasteiger partial charge on any atom is -0.351 e. The van der Waals surface area contributed by atoms with E-state index in [0.717, 1.165) is 36.8 Å². The van der Waals surface area contributed by atoms with Gasteiger partial charge in [-0.1, -0.05) is 49.6 Å². The van der Waals surface area contributed by atoms with Crippen molar-refractivity contribution in [1.29, 1.82) is 0 Å². The number of carbonyl (C=O) groups is 3. The summed E-state index contributed by atoms with van der Waals surface area (Å²) in [7, 11) is 0. The van der Waals surface area contributed by atoms with Crippen molar-refractivity contribution in [2.24, 2.45) is 0 Å². The fourth-order valence-electron chi connectivity index (χ4n) is 4.53. The minimum absolute atomic E-state index is 0.0441. The number of hydrogen-bond acceptors (Lipinski definition) is 4. The highest BCUT2D eigenvalue weighted by molar-refractivity contribution is 7.08. The molecule has 1 unspecified atom stereocenters. The van der Waals surface area contributed by atoms with Gasteiger partial charge in [0.2, 0.25) is 11.8 Å². The molecule has 5 nitrogen and oxygen atoms in total. The standard InChI is InChI=1S/C28H30N2O3S/c1-20(31)22-12-14-25(15-13-22)30(26(32)18-21-16-17-34-19-21)27(23-8-4-2-5-9-23)28(33)29-24-10-6-3-7-11-24/h2,4-5,8-9,12-17,19,24,27H,3,6-7,10-11,18H2,1H3,(H,29,33). The summed E-state index contributed by atoms with van der Waals surface area (Å²) in [6, 6.07) is 17.6. The average Bonchev–Trinajstić information content (AvgIpc) is 3.36. The second-order valence-corrected chi connectivity index (χ2v) is 9.61. The number of thiophene rings is 1. The van der Waals surface area contributed by atoms with Gasteiger partial charge in [0.1, 0.15) is 6.04 Å². The molecular weight excluding hydrogens is 444 g/mol. The Balaban J connectivity index is 1.73. The van der Waals surface area contributed by atoms with Gasteiger partial charge < -0.3 is 5.32 Å². The first-order valence-electron chi connectivity index (χ1n) is 11.8. The third-order valence-corrected chi connectivity index (χ3v) is 7.06. The van der Waals surface area contributed by atoms with E-state index in [9.17, 15) is 14.4 Å². The number of Topliss-reactive ketones (excluding diaryl/α,β-unsaturated/α-hetero) is 1. The SMILES string of the molecule is CC(=O)c1ccc(N(C(=O)Cc2ccsc2)C(C(=O)NC2CCCCC2)c2ccccc2)cc1. The Morgan fingerprint density at radius 1 is 0.971 bits per heavy atom. The number of benzene rings is 2. The van der Waals surface area contributed by atoms with Crippen LogP contribution in [-0.4, -0.2) is 23.6 Å². The van der Waals surface area contributed by atoms with Gasteiger partial charge in [0.15, 0.2) is 5.78 Å². The van der Waals surface area contributed by atoms with Crippen molar-refractivity contribution in [1.82, 2.24) is 5.32 Å². The normalized spacial score (nSPS) is 14.9. The van der Waals surface area contributed by atoms with Crippen molar-refractivity contribution in [3.8, 4) is 0 Å². The summed E-state index contributed by atoms with van der Waals surface area (Å²) < 4.78 is 0. The van der Waals surface area contributed by atoms with Crippen LogP contribution < -0.4 is 10.2 Å². The van der Waals surface area contributed by atoms with E-state index in [2.05, 4.69) is 5.32 Å². The number of amides is 2. The fraction of sp³-hybridized carbons (Fsp3) is 0.321. The summed E-state index contributed by atoms with van der Waals surface area (Å²) in [5, 5.41) is 7.12. The summed E-state index contributed by atoms with van der Waals surface area (Å²) >= 11 is 1.54. The summed E-state index contributed by atoms with van der Waals surface area (Å²) in [5.74, 6) is -0.383. The highest BCUT2D eigenvalue weighted by Gasteiger charge is 2.34. The van der Waals surface area contributed by atoms with E-state index in [1.807, 2.05) is 47.2 Å². The lowest BCUT2D eigenvalue weighted by Gasteiger charge is -2.33. The Morgan fingerprint density at radius 3 is 2.29 bits per heavy atom. The van der Waals surface area contributed by atoms with E-state index in [-0.39, 0.29) is 30.1 Å². The molecule has 176 valence electrons. The zero-order valence-electron chi connectivity index (χ0n) is 19.4. The van der Waals surface area contributed by atoms with Gasteiger partial charge in [-0.15, -0.1) is 0 Å². The molecule has 1 aliphatic carbocycles. The fourth-order valence-corrected chi connectivity index (χ4v) is 5.20. The Labute approximate surface area is 204 Å². The maximum absolute atomic E-state index is 13.8. The van der Waals surface area contributed by atoms with Gasteiger partial charge in [-0.25, -0.2) is 0 Å². The number of carbonyl (C=O) groups excluding carboxylic acids is 3. The molecule has 6 heteroatoms. The van der Waals surface area contributed by atoms with Crippen LogP contribution in [0.2, 0.25) is 0 Å². The number of rotatable bonds is 8. The predicted octanol–water partition coefficient (Wildman–Crippen LogP) is 5.72. The van der Waals surface area contributed by atoms with Crippen LogP contribution in [0.25, 0.3) is 0 Å². The molecular formula is C28H30N2O3S. The third kappa shape index (κ3) is 5.81. The van der Waals surface area contributed by atoms with Crippen molar-refractivity contribution in [3.63, 3.8) is 0 Å². The van der Waals surface area contributed by atoms with Crippen molar-refractivity contribution in [3.05, 3.63) is 88.1 Å². The van der Waals surface area contributed by atoms with E-state index in [1.165, 1.54) is 13.3 Å². The number of ketones is 1. The molecule has 1 atom stereocenters. The van der Waals surface area contributed by atoms with Gasteiger partial charge in [0, 0.05) is 17.3 Å². The molecule has 0 radical (unpaired) electrons. The molecule has 0 bridgehead atoms. The number of hydrogen-bond donors (Lipinski definition) is 1. The predicted molar refractivity (Wildman–Crippen MR) is 136 cm³/mol. The Kier molecular flexibility index (Phi) is 7.91. The summed E-state index contributed by atoms with van der Waals surface area (Å²) in [4.78, 5) is 40.9. The van der Waals surface area contributed by atoms with Crippen LogP contribution in [-0.2, 0) is 16.0 Å². The Morgan fingerprint density at radius 2 is 1.68 bits per heavy atom. The van der Waals surface area contributed by atoms with E-state index in [1.54, 1.807) is 40.5 Å². The van der Waals surface area contributed by atoms with Crippen LogP contribution in [0.15, 0.2) is 71.4 Å². The van der Waals surface area contributed by atoms with Gasteiger partial charge in [-0.05, 0) is 72.0 Å². The lowest BCUT2D eigenvalue weighted by molar-refractivity contribution is -0.127. The third-order valence-electron chi connectivity index (χ3n) is 6.33. The van der Waals surface area contributed by atoms with Crippen LogP contribution in [0, 0.1) is 0 Å². The number of anilines is 1. The quantitative estimate of drug-likeness (QED) is 0.425. The molecule has 1 N–H and O–H groups in total. The van der Waals surface area contributed by atoms with Gasteiger partial charge >= 0.3 is 0 Å². The minimum atomic E-state index is -0.808. The van der Waals surface area contributed by atoms with Crippen LogP contribution >= 0.6 is 11.3 Å². The molecule has 0 aliphatic heterocycles. The maximum Gasteiger partial charge on any atom is 0.248 e. The zero-order chi connectivity index (χ0) is 23.9. The number of nitrogens with one attached hydrogen (secondary N) is 1.